The molecule has 0 bridgehead atoms. The summed E-state index contributed by atoms with van der Waals surface area (Å²) < 4.78 is 14.3. The molecule has 1 saturated carbocycles. The van der Waals surface area contributed by atoms with Crippen molar-refractivity contribution in [1.82, 2.24) is 5.32 Å². The minimum atomic E-state index is -0.412. The molecule has 1 aliphatic rings. The van der Waals surface area contributed by atoms with Gasteiger partial charge in [0.2, 0.25) is 5.91 Å². The summed E-state index contributed by atoms with van der Waals surface area (Å²) in [5, 5.41) is 5.73. The van der Waals surface area contributed by atoms with Gasteiger partial charge in [0.05, 0.1) is 11.1 Å². The molecule has 1 amide bonds. The van der Waals surface area contributed by atoms with Crippen LogP contribution in [0.1, 0.15) is 19.3 Å². The van der Waals surface area contributed by atoms with Crippen molar-refractivity contribution in [2.75, 3.05) is 18.9 Å². The number of benzene rings is 1. The molecule has 98 valence electrons. The molecule has 18 heavy (non-hydrogen) atoms. The first-order valence-corrected chi connectivity index (χ1v) is 6.78. The Morgan fingerprint density at radius 3 is 2.78 bits per heavy atom. The highest BCUT2D eigenvalue weighted by Crippen LogP contribution is 2.41. The van der Waals surface area contributed by atoms with E-state index in [1.54, 1.807) is 12.1 Å². The predicted molar refractivity (Wildman–Crippen MR) is 72.9 cm³/mol. The van der Waals surface area contributed by atoms with Gasteiger partial charge in [0, 0.05) is 11.0 Å². The van der Waals surface area contributed by atoms with E-state index in [0.717, 1.165) is 23.7 Å². The van der Waals surface area contributed by atoms with E-state index in [9.17, 15) is 9.18 Å². The van der Waals surface area contributed by atoms with E-state index in [-0.39, 0.29) is 17.0 Å². The van der Waals surface area contributed by atoms with Gasteiger partial charge in [0.25, 0.3) is 0 Å². The van der Waals surface area contributed by atoms with Crippen LogP contribution in [0.4, 0.5) is 10.1 Å². The molecule has 0 unspecified atom stereocenters. The zero-order chi connectivity index (χ0) is 13.2. The lowest BCUT2D eigenvalue weighted by atomic mass is 9.68. The number of hydrogen-bond donors (Lipinski definition) is 2. The average Bonchev–Trinajstić information content (AvgIpc) is 2.28. The molecule has 3 nitrogen and oxygen atoms in total. The zero-order valence-corrected chi connectivity index (χ0v) is 11.8. The fraction of sp³-hybridized carbons (Fsp3) is 0.462. The largest absolute Gasteiger partial charge is 0.323 e. The molecule has 0 heterocycles. The molecular formula is C13H16BrFN2O. The van der Waals surface area contributed by atoms with Gasteiger partial charge in [-0.3, -0.25) is 4.79 Å². The van der Waals surface area contributed by atoms with Gasteiger partial charge in [-0.1, -0.05) is 22.4 Å². The Morgan fingerprint density at radius 1 is 1.50 bits per heavy atom. The molecule has 5 heteroatoms. The van der Waals surface area contributed by atoms with Gasteiger partial charge in [0.15, 0.2) is 0 Å². The maximum Gasteiger partial charge on any atom is 0.231 e. The summed E-state index contributed by atoms with van der Waals surface area (Å²) in [6, 6.07) is 4.53. The third-order valence-electron chi connectivity index (χ3n) is 3.48. The van der Waals surface area contributed by atoms with Crippen LogP contribution >= 0.6 is 15.9 Å². The molecule has 1 aromatic carbocycles. The first-order chi connectivity index (χ1) is 8.57. The van der Waals surface area contributed by atoms with Gasteiger partial charge in [-0.05, 0) is 38.1 Å². The molecule has 2 N–H and O–H groups in total. The summed E-state index contributed by atoms with van der Waals surface area (Å²) in [4.78, 5) is 12.2. The van der Waals surface area contributed by atoms with Crippen LogP contribution < -0.4 is 10.6 Å². The molecule has 0 radical (unpaired) electrons. The van der Waals surface area contributed by atoms with Crippen LogP contribution in [0.5, 0.6) is 0 Å². The SMILES string of the molecule is CNCC1(C(=O)Nc2cc(Br)ccc2F)CCC1. The molecule has 1 fully saturated rings. The Morgan fingerprint density at radius 2 is 2.22 bits per heavy atom. The highest BCUT2D eigenvalue weighted by atomic mass is 79.9. The smallest absolute Gasteiger partial charge is 0.231 e. The van der Waals surface area contributed by atoms with Crippen molar-refractivity contribution in [3.05, 3.63) is 28.5 Å². The highest BCUT2D eigenvalue weighted by molar-refractivity contribution is 9.10. The number of hydrogen-bond acceptors (Lipinski definition) is 2. The predicted octanol–water partition coefficient (Wildman–Crippen LogP) is 2.92. The van der Waals surface area contributed by atoms with Crippen molar-refractivity contribution in [3.8, 4) is 0 Å². The average molecular weight is 315 g/mol. The van der Waals surface area contributed by atoms with Gasteiger partial charge in [0.1, 0.15) is 5.82 Å². The van der Waals surface area contributed by atoms with Crippen molar-refractivity contribution in [1.29, 1.82) is 0 Å². The van der Waals surface area contributed by atoms with E-state index >= 15 is 0 Å². The minimum Gasteiger partial charge on any atom is -0.323 e. The molecule has 0 atom stereocenters. The second-order valence-electron chi connectivity index (χ2n) is 4.74. The minimum absolute atomic E-state index is 0.0971. The van der Waals surface area contributed by atoms with Gasteiger partial charge in [-0.25, -0.2) is 4.39 Å². The molecule has 0 spiro atoms. The molecular weight excluding hydrogens is 299 g/mol. The van der Waals surface area contributed by atoms with Crippen molar-refractivity contribution in [3.63, 3.8) is 0 Å². The Kier molecular flexibility index (Phi) is 4.02. The molecule has 1 aliphatic carbocycles. The van der Waals surface area contributed by atoms with E-state index in [4.69, 9.17) is 0 Å². The lowest BCUT2D eigenvalue weighted by Gasteiger charge is -2.40. The van der Waals surface area contributed by atoms with Crippen LogP contribution in [-0.2, 0) is 4.79 Å². The first-order valence-electron chi connectivity index (χ1n) is 5.98. The monoisotopic (exact) mass is 314 g/mol. The van der Waals surface area contributed by atoms with Crippen molar-refractivity contribution >= 4 is 27.5 Å². The second kappa shape index (κ2) is 5.36. The van der Waals surface area contributed by atoms with E-state index in [0.29, 0.717) is 6.54 Å². The summed E-state index contributed by atoms with van der Waals surface area (Å²) in [5.41, 5.74) is -0.138. The normalized spacial score (nSPS) is 17.1. The van der Waals surface area contributed by atoms with Crippen LogP contribution in [0, 0.1) is 11.2 Å². The quantitative estimate of drug-likeness (QED) is 0.897. The van der Waals surface area contributed by atoms with Gasteiger partial charge >= 0.3 is 0 Å². The summed E-state index contributed by atoms with van der Waals surface area (Å²) in [5.74, 6) is -0.509. The topological polar surface area (TPSA) is 41.1 Å². The zero-order valence-electron chi connectivity index (χ0n) is 10.2. The summed E-state index contributed by atoms with van der Waals surface area (Å²) in [6.07, 6.45) is 2.76. The maximum atomic E-state index is 13.6. The fourth-order valence-corrected chi connectivity index (χ4v) is 2.64. The number of amides is 1. The summed E-state index contributed by atoms with van der Waals surface area (Å²) >= 11 is 3.27. The molecule has 2 rings (SSSR count). The third-order valence-corrected chi connectivity index (χ3v) is 3.98. The van der Waals surface area contributed by atoms with Crippen molar-refractivity contribution in [2.24, 2.45) is 5.41 Å². The fourth-order valence-electron chi connectivity index (χ4n) is 2.27. The van der Waals surface area contributed by atoms with Gasteiger partial charge in [-0.2, -0.15) is 0 Å². The lowest BCUT2D eigenvalue weighted by Crippen LogP contribution is -2.48. The standard InChI is InChI=1S/C13H16BrFN2O/c1-16-8-13(5-2-6-13)12(18)17-11-7-9(14)3-4-10(11)15/h3-4,7,16H,2,5-6,8H2,1H3,(H,17,18). The Labute approximate surface area is 114 Å². The van der Waals surface area contributed by atoms with Crippen LogP contribution in [0.15, 0.2) is 22.7 Å². The van der Waals surface area contributed by atoms with Crippen LogP contribution in [-0.4, -0.2) is 19.5 Å². The lowest BCUT2D eigenvalue weighted by molar-refractivity contribution is -0.129. The Bertz CT molecular complexity index is 460. The maximum absolute atomic E-state index is 13.6. The summed E-state index contributed by atoms with van der Waals surface area (Å²) in [6.45, 7) is 0.633. The second-order valence-corrected chi connectivity index (χ2v) is 5.66. The number of carbonyl (C=O) groups excluding carboxylic acids is 1. The van der Waals surface area contributed by atoms with Crippen LogP contribution in [0.3, 0.4) is 0 Å². The molecule has 0 saturated heterocycles. The van der Waals surface area contributed by atoms with Gasteiger partial charge < -0.3 is 10.6 Å². The number of halogens is 2. The highest BCUT2D eigenvalue weighted by Gasteiger charge is 2.43. The summed E-state index contributed by atoms with van der Waals surface area (Å²) in [7, 11) is 1.83. The van der Waals surface area contributed by atoms with E-state index in [1.807, 2.05) is 7.05 Å². The van der Waals surface area contributed by atoms with E-state index in [2.05, 4.69) is 26.6 Å². The Balaban J connectivity index is 2.13. The molecule has 0 aliphatic heterocycles. The van der Waals surface area contributed by atoms with Crippen LogP contribution in [0.2, 0.25) is 0 Å². The number of anilines is 1. The van der Waals surface area contributed by atoms with Crippen LogP contribution in [0.25, 0.3) is 0 Å². The molecule has 1 aromatic rings. The number of rotatable bonds is 4. The van der Waals surface area contributed by atoms with E-state index in [1.165, 1.54) is 6.07 Å². The Hall–Kier alpha value is -0.940. The van der Waals surface area contributed by atoms with E-state index < -0.39 is 5.82 Å². The number of nitrogens with one attached hydrogen (secondary N) is 2. The van der Waals surface area contributed by atoms with Gasteiger partial charge in [-0.15, -0.1) is 0 Å². The number of carbonyl (C=O) groups is 1. The van der Waals surface area contributed by atoms with Crippen molar-refractivity contribution in [2.45, 2.75) is 19.3 Å². The first kappa shape index (κ1) is 13.5. The van der Waals surface area contributed by atoms with Crippen molar-refractivity contribution < 1.29 is 9.18 Å². The third kappa shape index (κ3) is 2.57. The molecule has 0 aromatic heterocycles.